The maximum Gasteiger partial charge on any atom is 0.270 e. The van der Waals surface area contributed by atoms with E-state index in [1.165, 1.54) is 0 Å². The molecule has 0 radical (unpaired) electrons. The zero-order valence-corrected chi connectivity index (χ0v) is 11.6. The molecule has 110 valence electrons. The van der Waals surface area contributed by atoms with Gasteiger partial charge in [0.1, 0.15) is 0 Å². The lowest BCUT2D eigenvalue weighted by Gasteiger charge is -2.22. The van der Waals surface area contributed by atoms with Crippen LogP contribution >= 0.6 is 0 Å². The Morgan fingerprint density at radius 3 is 2.45 bits per heavy atom. The summed E-state index contributed by atoms with van der Waals surface area (Å²) in [6, 6.07) is 15.2. The Morgan fingerprint density at radius 1 is 1.00 bits per heavy atom. The van der Waals surface area contributed by atoms with E-state index in [1.807, 2.05) is 0 Å². The van der Waals surface area contributed by atoms with Crippen molar-refractivity contribution < 1.29 is 14.4 Å². The van der Waals surface area contributed by atoms with Crippen molar-refractivity contribution in [1.82, 2.24) is 10.7 Å². The van der Waals surface area contributed by atoms with Gasteiger partial charge in [0.2, 0.25) is 0 Å². The molecule has 1 aliphatic heterocycles. The van der Waals surface area contributed by atoms with Crippen LogP contribution in [-0.4, -0.2) is 24.3 Å². The van der Waals surface area contributed by atoms with E-state index in [-0.39, 0.29) is 12.5 Å². The molecule has 2 N–H and O–H groups in total. The van der Waals surface area contributed by atoms with Gasteiger partial charge in [-0.1, -0.05) is 30.3 Å². The van der Waals surface area contributed by atoms with E-state index < -0.39 is 11.8 Å². The highest BCUT2D eigenvalue weighted by molar-refractivity contribution is 6.11. The van der Waals surface area contributed by atoms with Crippen molar-refractivity contribution in [3.63, 3.8) is 0 Å². The van der Waals surface area contributed by atoms with Gasteiger partial charge in [-0.05, 0) is 24.3 Å². The number of hydrogen-bond donors (Lipinski definition) is 2. The number of rotatable bonds is 2. The number of anilines is 1. The summed E-state index contributed by atoms with van der Waals surface area (Å²) < 4.78 is 0. The summed E-state index contributed by atoms with van der Waals surface area (Å²) in [5, 5.41) is 3.63. The maximum atomic E-state index is 12.3. The molecule has 6 nitrogen and oxygen atoms in total. The van der Waals surface area contributed by atoms with Gasteiger partial charge in [-0.25, -0.2) is 5.01 Å². The maximum absolute atomic E-state index is 12.3. The van der Waals surface area contributed by atoms with Crippen molar-refractivity contribution in [1.29, 1.82) is 0 Å². The zero-order chi connectivity index (χ0) is 15.5. The van der Waals surface area contributed by atoms with Gasteiger partial charge in [-0.15, -0.1) is 0 Å². The standard InChI is InChI=1S/C16H13N3O3/c20-14-10-17-16(22)12-8-4-5-9-13(12)19(14)18-15(21)11-6-2-1-3-7-11/h1-9H,10H2,(H,17,22)(H,18,21). The summed E-state index contributed by atoms with van der Waals surface area (Å²) in [5.74, 6) is -1.18. The average molecular weight is 295 g/mol. The zero-order valence-electron chi connectivity index (χ0n) is 11.6. The Labute approximate surface area is 126 Å². The number of carbonyl (C=O) groups excluding carboxylic acids is 3. The first-order valence-corrected chi connectivity index (χ1v) is 6.73. The number of hydrazine groups is 1. The molecule has 0 aromatic heterocycles. The van der Waals surface area contributed by atoms with Gasteiger partial charge < -0.3 is 5.32 Å². The minimum atomic E-state index is -0.418. The second-order valence-corrected chi connectivity index (χ2v) is 4.74. The molecule has 22 heavy (non-hydrogen) atoms. The van der Waals surface area contributed by atoms with E-state index in [1.54, 1.807) is 54.6 Å². The molecule has 1 aliphatic rings. The van der Waals surface area contributed by atoms with Crippen molar-refractivity contribution in [3.05, 3.63) is 65.7 Å². The summed E-state index contributed by atoms with van der Waals surface area (Å²) in [7, 11) is 0. The SMILES string of the molecule is O=C(NN1C(=O)CNC(=O)c2ccccc21)c1ccccc1. The van der Waals surface area contributed by atoms with Crippen molar-refractivity contribution >= 4 is 23.4 Å². The van der Waals surface area contributed by atoms with Gasteiger partial charge in [0.15, 0.2) is 0 Å². The fourth-order valence-corrected chi connectivity index (χ4v) is 2.20. The molecule has 3 rings (SSSR count). The average Bonchev–Trinajstić information content (AvgIpc) is 2.68. The summed E-state index contributed by atoms with van der Waals surface area (Å²) in [6.07, 6.45) is 0. The van der Waals surface area contributed by atoms with Crippen molar-refractivity contribution in [2.75, 3.05) is 11.6 Å². The van der Waals surface area contributed by atoms with E-state index in [0.29, 0.717) is 16.8 Å². The van der Waals surface area contributed by atoms with E-state index in [0.717, 1.165) is 5.01 Å². The smallest absolute Gasteiger partial charge is 0.270 e. The molecule has 2 aromatic rings. The minimum Gasteiger partial charge on any atom is -0.343 e. The Kier molecular flexibility index (Phi) is 3.57. The topological polar surface area (TPSA) is 78.5 Å². The second-order valence-electron chi connectivity index (χ2n) is 4.74. The second kappa shape index (κ2) is 5.69. The Balaban J connectivity index is 1.95. The highest BCUT2D eigenvalue weighted by Crippen LogP contribution is 2.21. The summed E-state index contributed by atoms with van der Waals surface area (Å²) >= 11 is 0. The van der Waals surface area contributed by atoms with Gasteiger partial charge >= 0.3 is 0 Å². The molecular weight excluding hydrogens is 282 g/mol. The highest BCUT2D eigenvalue weighted by atomic mass is 16.2. The first kappa shape index (κ1) is 13.8. The van der Waals surface area contributed by atoms with Crippen LogP contribution in [0.25, 0.3) is 0 Å². The van der Waals surface area contributed by atoms with Crippen molar-refractivity contribution in [3.8, 4) is 0 Å². The molecule has 1 heterocycles. The monoisotopic (exact) mass is 295 g/mol. The van der Waals surface area contributed by atoms with Crippen molar-refractivity contribution in [2.45, 2.75) is 0 Å². The number of hydrogen-bond acceptors (Lipinski definition) is 3. The van der Waals surface area contributed by atoms with E-state index >= 15 is 0 Å². The van der Waals surface area contributed by atoms with Crippen LogP contribution in [0.15, 0.2) is 54.6 Å². The number of nitrogens with one attached hydrogen (secondary N) is 2. The largest absolute Gasteiger partial charge is 0.343 e. The molecule has 0 saturated heterocycles. The van der Waals surface area contributed by atoms with Crippen LogP contribution in [0, 0.1) is 0 Å². The summed E-state index contributed by atoms with van der Waals surface area (Å²) in [6.45, 7) is -0.178. The molecule has 0 saturated carbocycles. The number of benzene rings is 2. The number of amides is 3. The van der Waals surface area contributed by atoms with Gasteiger partial charge in [0, 0.05) is 5.56 Å². The highest BCUT2D eigenvalue weighted by Gasteiger charge is 2.27. The van der Waals surface area contributed by atoms with Gasteiger partial charge in [0.05, 0.1) is 17.8 Å². The predicted molar refractivity (Wildman–Crippen MR) is 80.2 cm³/mol. The summed E-state index contributed by atoms with van der Waals surface area (Å²) in [4.78, 5) is 36.4. The van der Waals surface area contributed by atoms with E-state index in [2.05, 4.69) is 10.7 Å². The normalized spacial score (nSPS) is 13.9. The Morgan fingerprint density at radius 2 is 1.68 bits per heavy atom. The number of fused-ring (bicyclic) bond motifs is 1. The summed E-state index contributed by atoms with van der Waals surface area (Å²) in [5.41, 5.74) is 3.67. The first-order valence-electron chi connectivity index (χ1n) is 6.73. The Hall–Kier alpha value is -3.15. The third-order valence-corrected chi connectivity index (χ3v) is 3.29. The predicted octanol–water partition coefficient (Wildman–Crippen LogP) is 1.11. The minimum absolute atomic E-state index is 0.178. The lowest BCUT2D eigenvalue weighted by Crippen LogP contribution is -2.48. The molecule has 0 bridgehead atoms. The third-order valence-electron chi connectivity index (χ3n) is 3.29. The molecule has 0 aliphatic carbocycles. The third kappa shape index (κ3) is 2.54. The van der Waals surface area contributed by atoms with Gasteiger partial charge in [-0.2, -0.15) is 0 Å². The molecular formula is C16H13N3O3. The quantitative estimate of drug-likeness (QED) is 0.871. The fourth-order valence-electron chi connectivity index (χ4n) is 2.20. The van der Waals surface area contributed by atoms with Gasteiger partial charge in [-0.3, -0.25) is 19.8 Å². The van der Waals surface area contributed by atoms with Crippen LogP contribution < -0.4 is 15.8 Å². The van der Waals surface area contributed by atoms with Crippen LogP contribution in [0.1, 0.15) is 20.7 Å². The molecule has 2 aromatic carbocycles. The van der Waals surface area contributed by atoms with E-state index in [4.69, 9.17) is 0 Å². The van der Waals surface area contributed by atoms with Crippen LogP contribution in [0.5, 0.6) is 0 Å². The van der Waals surface area contributed by atoms with Crippen LogP contribution in [0.3, 0.4) is 0 Å². The fraction of sp³-hybridized carbons (Fsp3) is 0.0625. The number of nitrogens with zero attached hydrogens (tertiary/aromatic N) is 1. The molecule has 0 unspecified atom stereocenters. The van der Waals surface area contributed by atoms with Gasteiger partial charge in [0.25, 0.3) is 17.7 Å². The molecule has 0 spiro atoms. The number of para-hydroxylation sites is 1. The number of carbonyl (C=O) groups is 3. The van der Waals surface area contributed by atoms with Crippen LogP contribution in [-0.2, 0) is 4.79 Å². The Bertz CT molecular complexity index is 743. The van der Waals surface area contributed by atoms with Crippen LogP contribution in [0.4, 0.5) is 5.69 Å². The first-order chi connectivity index (χ1) is 10.7. The van der Waals surface area contributed by atoms with Crippen LogP contribution in [0.2, 0.25) is 0 Å². The lowest BCUT2D eigenvalue weighted by atomic mass is 10.1. The molecule has 3 amide bonds. The molecule has 6 heteroatoms. The lowest BCUT2D eigenvalue weighted by molar-refractivity contribution is -0.118. The molecule has 0 atom stereocenters. The molecule has 0 fully saturated rings. The van der Waals surface area contributed by atoms with Crippen molar-refractivity contribution in [2.24, 2.45) is 0 Å². The van der Waals surface area contributed by atoms with E-state index in [9.17, 15) is 14.4 Å².